The van der Waals surface area contributed by atoms with Crippen molar-refractivity contribution in [3.63, 3.8) is 0 Å². The summed E-state index contributed by atoms with van der Waals surface area (Å²) in [5, 5.41) is 11.1. The summed E-state index contributed by atoms with van der Waals surface area (Å²) in [5.41, 5.74) is 2.66. The molecule has 0 aliphatic carbocycles. The third-order valence-corrected chi connectivity index (χ3v) is 5.25. The lowest BCUT2D eigenvalue weighted by atomic mass is 10.1. The number of ether oxygens (including phenoxy) is 1. The van der Waals surface area contributed by atoms with Crippen molar-refractivity contribution >= 4 is 17.0 Å². The first-order valence-electron chi connectivity index (χ1n) is 9.92. The lowest BCUT2D eigenvalue weighted by molar-refractivity contribution is 0.153. The summed E-state index contributed by atoms with van der Waals surface area (Å²) in [5.74, 6) is 0.773. The van der Waals surface area contributed by atoms with E-state index in [4.69, 9.17) is 4.74 Å². The monoisotopic (exact) mass is 391 g/mol. The van der Waals surface area contributed by atoms with Crippen LogP contribution in [-0.4, -0.2) is 52.2 Å². The smallest absolute Gasteiger partial charge is 0.415 e. The predicted molar refractivity (Wildman–Crippen MR) is 112 cm³/mol. The van der Waals surface area contributed by atoms with Crippen molar-refractivity contribution in [3.05, 3.63) is 65.9 Å². The second-order valence-electron chi connectivity index (χ2n) is 7.39. The molecule has 0 radical (unpaired) electrons. The van der Waals surface area contributed by atoms with Crippen LogP contribution in [0.4, 0.5) is 4.79 Å². The molecule has 0 saturated carbocycles. The minimum absolute atomic E-state index is 0.207. The normalized spacial score (nSPS) is 15.3. The van der Waals surface area contributed by atoms with Gasteiger partial charge in [0.1, 0.15) is 17.0 Å². The summed E-state index contributed by atoms with van der Waals surface area (Å²) in [6.45, 7) is 5.65. The number of fused-ring (bicyclic) bond motifs is 1. The van der Waals surface area contributed by atoms with Crippen molar-refractivity contribution in [2.24, 2.45) is 0 Å². The number of aromatic nitrogens is 1. The van der Waals surface area contributed by atoms with Gasteiger partial charge in [0, 0.05) is 43.8 Å². The first-order valence-corrected chi connectivity index (χ1v) is 9.92. The Hall–Kier alpha value is -3.12. The van der Waals surface area contributed by atoms with Gasteiger partial charge in [0.05, 0.1) is 0 Å². The molecule has 150 valence electrons. The molecule has 1 fully saturated rings. The second kappa shape index (κ2) is 8.49. The highest BCUT2D eigenvalue weighted by Gasteiger charge is 2.21. The van der Waals surface area contributed by atoms with Crippen molar-refractivity contribution < 1.29 is 14.6 Å². The average Bonchev–Trinajstić information content (AvgIpc) is 2.97. The number of rotatable bonds is 3. The van der Waals surface area contributed by atoms with Crippen LogP contribution in [0.5, 0.6) is 11.5 Å². The van der Waals surface area contributed by atoms with Crippen molar-refractivity contribution in [3.8, 4) is 11.5 Å². The number of phenolic OH excluding ortho intramolecular Hbond substituents is 1. The van der Waals surface area contributed by atoms with Gasteiger partial charge < -0.3 is 14.7 Å². The third-order valence-electron chi connectivity index (χ3n) is 5.25. The molecule has 1 aromatic heterocycles. The first-order chi connectivity index (χ1) is 14.1. The molecule has 0 unspecified atom stereocenters. The van der Waals surface area contributed by atoms with E-state index in [2.05, 4.69) is 9.88 Å². The van der Waals surface area contributed by atoms with Gasteiger partial charge in [-0.25, -0.2) is 9.78 Å². The Morgan fingerprint density at radius 3 is 2.69 bits per heavy atom. The molecular formula is C23H25N3O3. The molecule has 0 bridgehead atoms. The maximum atomic E-state index is 12.5. The molecule has 0 spiro atoms. The fourth-order valence-electron chi connectivity index (χ4n) is 3.70. The van der Waals surface area contributed by atoms with E-state index < -0.39 is 0 Å². The molecule has 1 amide bonds. The number of aryl methyl sites for hydroxylation is 1. The predicted octanol–water partition coefficient (Wildman–Crippen LogP) is 3.96. The Labute approximate surface area is 170 Å². The summed E-state index contributed by atoms with van der Waals surface area (Å²) >= 11 is 0. The van der Waals surface area contributed by atoms with E-state index in [0.29, 0.717) is 24.4 Å². The number of carbonyl (C=O) groups is 1. The SMILES string of the molecule is Cc1ccc2c(CN3CCCN(C(=O)Oc4ccccc4)CC3)ccc(O)c2n1. The van der Waals surface area contributed by atoms with Gasteiger partial charge in [-0.1, -0.05) is 30.3 Å². The van der Waals surface area contributed by atoms with E-state index in [0.717, 1.165) is 42.7 Å². The number of benzene rings is 2. The van der Waals surface area contributed by atoms with Crippen molar-refractivity contribution in [1.29, 1.82) is 0 Å². The Morgan fingerprint density at radius 2 is 1.86 bits per heavy atom. The van der Waals surface area contributed by atoms with Crippen LogP contribution in [0.3, 0.4) is 0 Å². The number of hydrogen-bond donors (Lipinski definition) is 1. The second-order valence-corrected chi connectivity index (χ2v) is 7.39. The van der Waals surface area contributed by atoms with Crippen LogP contribution in [0.15, 0.2) is 54.6 Å². The van der Waals surface area contributed by atoms with Gasteiger partial charge >= 0.3 is 6.09 Å². The molecule has 1 aliphatic heterocycles. The van der Waals surface area contributed by atoms with Crippen LogP contribution in [0.2, 0.25) is 0 Å². The molecule has 29 heavy (non-hydrogen) atoms. The topological polar surface area (TPSA) is 65.9 Å². The Kier molecular flexibility index (Phi) is 5.62. The quantitative estimate of drug-likeness (QED) is 0.732. The molecule has 4 rings (SSSR count). The standard InChI is InChI=1S/C23H25N3O3/c1-17-8-10-20-18(9-11-21(27)22(20)24-17)16-25-12-5-13-26(15-14-25)23(28)29-19-6-3-2-4-7-19/h2-4,6-11,27H,5,12-16H2,1H3. The molecule has 2 heterocycles. The van der Waals surface area contributed by atoms with Gasteiger partial charge in [-0.15, -0.1) is 0 Å². The lowest BCUT2D eigenvalue weighted by Gasteiger charge is -2.22. The number of para-hydroxylation sites is 1. The first kappa shape index (κ1) is 19.2. The highest BCUT2D eigenvalue weighted by Crippen LogP contribution is 2.27. The number of carbonyl (C=O) groups excluding carboxylic acids is 1. The number of hydrogen-bond acceptors (Lipinski definition) is 5. The Bertz CT molecular complexity index is 1010. The van der Waals surface area contributed by atoms with Crippen molar-refractivity contribution in [2.45, 2.75) is 19.9 Å². The molecule has 6 nitrogen and oxygen atoms in total. The third kappa shape index (κ3) is 4.49. The number of nitrogens with zero attached hydrogens (tertiary/aromatic N) is 3. The van der Waals surface area contributed by atoms with Crippen LogP contribution in [-0.2, 0) is 6.54 Å². The van der Waals surface area contributed by atoms with E-state index in [1.165, 1.54) is 0 Å². The van der Waals surface area contributed by atoms with Crippen LogP contribution in [0.25, 0.3) is 10.9 Å². The van der Waals surface area contributed by atoms with Crippen molar-refractivity contribution in [1.82, 2.24) is 14.8 Å². The van der Waals surface area contributed by atoms with E-state index in [-0.39, 0.29) is 11.8 Å². The van der Waals surface area contributed by atoms with Gasteiger partial charge in [0.15, 0.2) is 0 Å². The highest BCUT2D eigenvalue weighted by atomic mass is 16.6. The molecule has 0 atom stereocenters. The van der Waals surface area contributed by atoms with E-state index in [1.807, 2.05) is 43.3 Å². The highest BCUT2D eigenvalue weighted by molar-refractivity contribution is 5.87. The number of phenols is 1. The maximum absolute atomic E-state index is 12.5. The molecule has 1 aliphatic rings. The zero-order valence-electron chi connectivity index (χ0n) is 16.5. The van der Waals surface area contributed by atoms with Gasteiger partial charge in [0.2, 0.25) is 0 Å². The molecule has 6 heteroatoms. The zero-order valence-corrected chi connectivity index (χ0v) is 16.5. The van der Waals surface area contributed by atoms with Crippen LogP contribution in [0, 0.1) is 6.92 Å². The number of aromatic hydroxyl groups is 1. The van der Waals surface area contributed by atoms with E-state index in [1.54, 1.807) is 23.1 Å². The van der Waals surface area contributed by atoms with Crippen LogP contribution >= 0.6 is 0 Å². The minimum atomic E-state index is -0.298. The summed E-state index contributed by atoms with van der Waals surface area (Å²) < 4.78 is 5.48. The Morgan fingerprint density at radius 1 is 1.03 bits per heavy atom. The summed E-state index contributed by atoms with van der Waals surface area (Å²) in [6, 6.07) is 16.8. The molecule has 1 N–H and O–H groups in total. The van der Waals surface area contributed by atoms with Gasteiger partial charge in [-0.2, -0.15) is 0 Å². The van der Waals surface area contributed by atoms with Gasteiger partial charge in [-0.3, -0.25) is 4.90 Å². The van der Waals surface area contributed by atoms with Gasteiger partial charge in [-0.05, 0) is 43.2 Å². The van der Waals surface area contributed by atoms with E-state index >= 15 is 0 Å². The fraction of sp³-hybridized carbons (Fsp3) is 0.304. The van der Waals surface area contributed by atoms with Crippen molar-refractivity contribution in [2.75, 3.05) is 26.2 Å². The molecular weight excluding hydrogens is 366 g/mol. The summed E-state index contributed by atoms with van der Waals surface area (Å²) in [4.78, 5) is 21.1. The maximum Gasteiger partial charge on any atom is 0.415 e. The number of pyridine rings is 1. The molecule has 3 aromatic rings. The zero-order chi connectivity index (χ0) is 20.2. The summed E-state index contributed by atoms with van der Waals surface area (Å²) in [6.07, 6.45) is 0.588. The summed E-state index contributed by atoms with van der Waals surface area (Å²) in [7, 11) is 0. The van der Waals surface area contributed by atoms with Gasteiger partial charge in [0.25, 0.3) is 0 Å². The lowest BCUT2D eigenvalue weighted by Crippen LogP contribution is -2.37. The minimum Gasteiger partial charge on any atom is -0.506 e. The fourth-order valence-corrected chi connectivity index (χ4v) is 3.70. The molecule has 2 aromatic carbocycles. The van der Waals surface area contributed by atoms with Crippen LogP contribution < -0.4 is 4.74 Å². The van der Waals surface area contributed by atoms with Crippen LogP contribution in [0.1, 0.15) is 17.7 Å². The average molecular weight is 391 g/mol. The van der Waals surface area contributed by atoms with E-state index in [9.17, 15) is 9.90 Å². The largest absolute Gasteiger partial charge is 0.506 e. The Balaban J connectivity index is 1.42. The number of amides is 1. The molecule has 1 saturated heterocycles.